The molecule has 1 unspecified atom stereocenters. The standard InChI is InChI=1S/C17H28N4O/c1-4-15-13(2)19-21(14(15)3)10-16(22)20-9-7-17(12-20)6-5-8-18-11-17/h18H,4-12H2,1-3H3. The van der Waals surface area contributed by atoms with Crippen molar-refractivity contribution in [1.29, 1.82) is 0 Å². The number of rotatable bonds is 3. The molecule has 2 fully saturated rings. The van der Waals surface area contributed by atoms with Crippen LogP contribution >= 0.6 is 0 Å². The first-order chi connectivity index (χ1) is 10.5. The first-order valence-electron chi connectivity index (χ1n) is 8.56. The lowest BCUT2D eigenvalue weighted by Crippen LogP contribution is -2.43. The van der Waals surface area contributed by atoms with Crippen LogP contribution in [0.4, 0.5) is 0 Å². The SMILES string of the molecule is CCc1c(C)nn(CC(=O)N2CCC3(CCCNC3)C2)c1C. The van der Waals surface area contributed by atoms with Crippen molar-refractivity contribution < 1.29 is 4.79 Å². The summed E-state index contributed by atoms with van der Waals surface area (Å²) >= 11 is 0. The van der Waals surface area contributed by atoms with Gasteiger partial charge in [0, 0.05) is 30.7 Å². The van der Waals surface area contributed by atoms with Gasteiger partial charge in [-0.15, -0.1) is 0 Å². The lowest BCUT2D eigenvalue weighted by Gasteiger charge is -2.33. The highest BCUT2D eigenvalue weighted by Crippen LogP contribution is 2.36. The average molecular weight is 304 g/mol. The summed E-state index contributed by atoms with van der Waals surface area (Å²) in [5.74, 6) is 0.218. The molecule has 5 heteroatoms. The predicted octanol–water partition coefficient (Wildman–Crippen LogP) is 1.66. The van der Waals surface area contributed by atoms with E-state index < -0.39 is 0 Å². The van der Waals surface area contributed by atoms with Gasteiger partial charge in [-0.25, -0.2) is 0 Å². The Bertz CT molecular complexity index is 557. The van der Waals surface area contributed by atoms with Crippen molar-refractivity contribution >= 4 is 5.91 Å². The van der Waals surface area contributed by atoms with Crippen LogP contribution in [0.3, 0.4) is 0 Å². The van der Waals surface area contributed by atoms with Crippen LogP contribution < -0.4 is 5.32 Å². The molecule has 0 bridgehead atoms. The summed E-state index contributed by atoms with van der Waals surface area (Å²) in [6, 6.07) is 0. The molecule has 1 spiro atoms. The zero-order chi connectivity index (χ0) is 15.7. The molecule has 0 radical (unpaired) electrons. The van der Waals surface area contributed by atoms with Crippen molar-refractivity contribution in [3.05, 3.63) is 17.0 Å². The van der Waals surface area contributed by atoms with Gasteiger partial charge in [-0.2, -0.15) is 5.10 Å². The van der Waals surface area contributed by atoms with Crippen LogP contribution in [0, 0.1) is 19.3 Å². The van der Waals surface area contributed by atoms with E-state index in [0.717, 1.165) is 50.4 Å². The van der Waals surface area contributed by atoms with Crippen molar-refractivity contribution in [3.8, 4) is 0 Å². The first-order valence-corrected chi connectivity index (χ1v) is 8.56. The fraction of sp³-hybridized carbons (Fsp3) is 0.765. The van der Waals surface area contributed by atoms with Gasteiger partial charge >= 0.3 is 0 Å². The number of carbonyl (C=O) groups excluding carboxylic acids is 1. The second kappa shape index (κ2) is 6.03. The van der Waals surface area contributed by atoms with Gasteiger partial charge in [0.25, 0.3) is 0 Å². The van der Waals surface area contributed by atoms with Crippen LogP contribution in [0.5, 0.6) is 0 Å². The zero-order valence-electron chi connectivity index (χ0n) is 14.1. The second-order valence-electron chi connectivity index (χ2n) is 7.01. The molecule has 0 saturated carbocycles. The van der Waals surface area contributed by atoms with Crippen LogP contribution in [0.2, 0.25) is 0 Å². The number of amides is 1. The van der Waals surface area contributed by atoms with Crippen molar-refractivity contribution in [3.63, 3.8) is 0 Å². The first kappa shape index (κ1) is 15.5. The van der Waals surface area contributed by atoms with Crippen molar-refractivity contribution in [2.24, 2.45) is 5.41 Å². The molecule has 122 valence electrons. The Hall–Kier alpha value is -1.36. The van der Waals surface area contributed by atoms with Crippen LogP contribution in [0.15, 0.2) is 0 Å². The third-order valence-electron chi connectivity index (χ3n) is 5.52. The number of hydrogen-bond acceptors (Lipinski definition) is 3. The van der Waals surface area contributed by atoms with Gasteiger partial charge in [0.05, 0.1) is 5.69 Å². The van der Waals surface area contributed by atoms with Gasteiger partial charge in [0.15, 0.2) is 0 Å². The molecule has 2 saturated heterocycles. The summed E-state index contributed by atoms with van der Waals surface area (Å²) in [6.45, 7) is 10.6. The Balaban J connectivity index is 1.66. The molecule has 22 heavy (non-hydrogen) atoms. The molecule has 5 nitrogen and oxygen atoms in total. The fourth-order valence-electron chi connectivity index (χ4n) is 4.15. The minimum Gasteiger partial charge on any atom is -0.340 e. The van der Waals surface area contributed by atoms with E-state index in [-0.39, 0.29) is 5.91 Å². The van der Waals surface area contributed by atoms with E-state index in [2.05, 4.69) is 29.2 Å². The molecular weight excluding hydrogens is 276 g/mol. The summed E-state index contributed by atoms with van der Waals surface area (Å²) in [5.41, 5.74) is 3.81. The molecule has 3 heterocycles. The largest absolute Gasteiger partial charge is 0.340 e. The number of hydrogen-bond donors (Lipinski definition) is 1. The molecule has 0 aromatic carbocycles. The van der Waals surface area contributed by atoms with Crippen LogP contribution in [0.1, 0.15) is 43.1 Å². The van der Waals surface area contributed by atoms with E-state index in [1.807, 2.05) is 11.6 Å². The third kappa shape index (κ3) is 2.78. The maximum Gasteiger partial charge on any atom is 0.244 e. The minimum absolute atomic E-state index is 0.218. The molecular formula is C17H28N4O. The highest BCUT2D eigenvalue weighted by Gasteiger charge is 2.40. The molecule has 2 aliphatic heterocycles. The molecule has 1 atom stereocenters. The molecule has 1 aromatic rings. The summed E-state index contributed by atoms with van der Waals surface area (Å²) in [5, 5.41) is 8.05. The number of nitrogens with zero attached hydrogens (tertiary/aromatic N) is 3. The summed E-state index contributed by atoms with van der Waals surface area (Å²) in [6.07, 6.45) is 4.61. The number of piperidine rings is 1. The molecule has 2 aliphatic rings. The number of aromatic nitrogens is 2. The number of aryl methyl sites for hydroxylation is 1. The lowest BCUT2D eigenvalue weighted by atomic mass is 9.80. The highest BCUT2D eigenvalue weighted by atomic mass is 16.2. The van der Waals surface area contributed by atoms with Crippen LogP contribution in [0.25, 0.3) is 0 Å². The van der Waals surface area contributed by atoms with E-state index in [1.165, 1.54) is 18.4 Å². The number of nitrogens with one attached hydrogen (secondary N) is 1. The Morgan fingerprint density at radius 1 is 1.36 bits per heavy atom. The van der Waals surface area contributed by atoms with Crippen LogP contribution in [-0.4, -0.2) is 46.8 Å². The Morgan fingerprint density at radius 3 is 2.82 bits per heavy atom. The van der Waals surface area contributed by atoms with E-state index >= 15 is 0 Å². The van der Waals surface area contributed by atoms with Crippen molar-refractivity contribution in [2.45, 2.75) is 53.0 Å². The minimum atomic E-state index is 0.218. The maximum absolute atomic E-state index is 12.6. The fourth-order valence-corrected chi connectivity index (χ4v) is 4.15. The van der Waals surface area contributed by atoms with Gasteiger partial charge in [0.1, 0.15) is 6.54 Å². The number of likely N-dealkylation sites (tertiary alicyclic amines) is 1. The summed E-state index contributed by atoms with van der Waals surface area (Å²) in [4.78, 5) is 14.7. The maximum atomic E-state index is 12.6. The quantitative estimate of drug-likeness (QED) is 0.924. The average Bonchev–Trinajstić information content (AvgIpc) is 3.02. The van der Waals surface area contributed by atoms with Gasteiger partial charge in [-0.1, -0.05) is 6.92 Å². The van der Waals surface area contributed by atoms with Gasteiger partial charge < -0.3 is 10.2 Å². The van der Waals surface area contributed by atoms with Crippen molar-refractivity contribution in [1.82, 2.24) is 20.0 Å². The zero-order valence-corrected chi connectivity index (χ0v) is 14.1. The smallest absolute Gasteiger partial charge is 0.244 e. The Morgan fingerprint density at radius 2 is 2.18 bits per heavy atom. The molecule has 1 aromatic heterocycles. The molecule has 3 rings (SSSR count). The van der Waals surface area contributed by atoms with Gasteiger partial charge in [-0.3, -0.25) is 9.48 Å². The third-order valence-corrected chi connectivity index (χ3v) is 5.52. The van der Waals surface area contributed by atoms with Gasteiger partial charge in [0.2, 0.25) is 5.91 Å². The predicted molar refractivity (Wildman–Crippen MR) is 86.8 cm³/mol. The normalized spacial score (nSPS) is 25.1. The second-order valence-corrected chi connectivity index (χ2v) is 7.01. The summed E-state index contributed by atoms with van der Waals surface area (Å²) < 4.78 is 1.89. The molecule has 1 N–H and O–H groups in total. The highest BCUT2D eigenvalue weighted by molar-refractivity contribution is 5.76. The van der Waals surface area contributed by atoms with E-state index in [4.69, 9.17) is 0 Å². The van der Waals surface area contributed by atoms with E-state index in [1.54, 1.807) is 0 Å². The van der Waals surface area contributed by atoms with Gasteiger partial charge in [-0.05, 0) is 51.6 Å². The summed E-state index contributed by atoms with van der Waals surface area (Å²) in [7, 11) is 0. The Kier molecular flexibility index (Phi) is 4.26. The van der Waals surface area contributed by atoms with E-state index in [9.17, 15) is 4.79 Å². The lowest BCUT2D eigenvalue weighted by molar-refractivity contribution is -0.131. The van der Waals surface area contributed by atoms with Crippen LogP contribution in [-0.2, 0) is 17.8 Å². The van der Waals surface area contributed by atoms with E-state index in [0.29, 0.717) is 12.0 Å². The topological polar surface area (TPSA) is 50.2 Å². The molecule has 1 amide bonds. The van der Waals surface area contributed by atoms with Crippen molar-refractivity contribution in [2.75, 3.05) is 26.2 Å². The number of carbonyl (C=O) groups is 1. The molecule has 0 aliphatic carbocycles. The monoisotopic (exact) mass is 304 g/mol. The Labute approximate surface area is 133 Å².